The molecule has 0 bridgehead atoms. The Labute approximate surface area is 190 Å². The lowest BCUT2D eigenvalue weighted by Gasteiger charge is -2.25. The SMILES string of the molecule is CCn1c(CN(C)CCOc2ccccc2)nc2cc(S(=O)(=O)N3CCCCC3)ccc21. The second-order valence-electron chi connectivity index (χ2n) is 8.29. The second-order valence-corrected chi connectivity index (χ2v) is 10.2. The van der Waals surface area contributed by atoms with Crippen molar-refractivity contribution in [2.45, 2.75) is 44.2 Å². The molecule has 1 aliphatic heterocycles. The first-order chi connectivity index (χ1) is 15.5. The number of rotatable bonds is 9. The van der Waals surface area contributed by atoms with Crippen molar-refractivity contribution < 1.29 is 13.2 Å². The topological polar surface area (TPSA) is 67.7 Å². The zero-order valence-electron chi connectivity index (χ0n) is 18.9. The Morgan fingerprint density at radius 2 is 1.81 bits per heavy atom. The van der Waals surface area contributed by atoms with Gasteiger partial charge in [0, 0.05) is 26.2 Å². The van der Waals surface area contributed by atoms with Crippen LogP contribution < -0.4 is 4.74 Å². The minimum atomic E-state index is -3.47. The Balaban J connectivity index is 1.48. The number of benzene rings is 2. The van der Waals surface area contributed by atoms with Crippen molar-refractivity contribution in [1.29, 1.82) is 0 Å². The fourth-order valence-corrected chi connectivity index (χ4v) is 5.74. The van der Waals surface area contributed by atoms with Gasteiger partial charge in [-0.15, -0.1) is 0 Å². The van der Waals surface area contributed by atoms with E-state index in [1.807, 2.05) is 43.4 Å². The number of imidazole rings is 1. The van der Waals surface area contributed by atoms with E-state index in [9.17, 15) is 8.42 Å². The summed E-state index contributed by atoms with van der Waals surface area (Å²) in [5.41, 5.74) is 1.70. The van der Waals surface area contributed by atoms with Crippen molar-refractivity contribution in [3.63, 3.8) is 0 Å². The molecule has 4 rings (SSSR count). The van der Waals surface area contributed by atoms with Gasteiger partial charge in [0.1, 0.15) is 18.2 Å². The molecule has 172 valence electrons. The average Bonchev–Trinajstić information content (AvgIpc) is 3.16. The number of fused-ring (bicyclic) bond motifs is 1. The van der Waals surface area contributed by atoms with Gasteiger partial charge < -0.3 is 9.30 Å². The van der Waals surface area contributed by atoms with Crippen LogP contribution in [0.3, 0.4) is 0 Å². The molecule has 0 aliphatic carbocycles. The fraction of sp³-hybridized carbons (Fsp3) is 0.458. The zero-order valence-corrected chi connectivity index (χ0v) is 19.7. The predicted octanol–water partition coefficient (Wildman–Crippen LogP) is 3.74. The molecule has 0 spiro atoms. The van der Waals surface area contributed by atoms with Gasteiger partial charge in [-0.05, 0) is 57.1 Å². The third-order valence-electron chi connectivity index (χ3n) is 5.96. The number of nitrogens with zero attached hydrogens (tertiary/aromatic N) is 4. The van der Waals surface area contributed by atoms with Gasteiger partial charge in [-0.1, -0.05) is 24.6 Å². The molecular formula is C24H32N4O3S. The van der Waals surface area contributed by atoms with E-state index in [-0.39, 0.29) is 0 Å². The Morgan fingerprint density at radius 3 is 2.53 bits per heavy atom. The molecule has 0 unspecified atom stereocenters. The molecule has 3 aromatic rings. The summed E-state index contributed by atoms with van der Waals surface area (Å²) in [4.78, 5) is 7.31. The summed E-state index contributed by atoms with van der Waals surface area (Å²) in [5.74, 6) is 1.79. The molecule has 2 aromatic carbocycles. The largest absolute Gasteiger partial charge is 0.492 e. The number of ether oxygens (including phenoxy) is 1. The van der Waals surface area contributed by atoms with Crippen LogP contribution in [0.2, 0.25) is 0 Å². The molecule has 0 saturated carbocycles. The van der Waals surface area contributed by atoms with Crippen LogP contribution in [0.1, 0.15) is 32.0 Å². The van der Waals surface area contributed by atoms with Crippen LogP contribution in [0.5, 0.6) is 5.75 Å². The lowest BCUT2D eigenvalue weighted by molar-refractivity contribution is 0.228. The molecule has 8 heteroatoms. The van der Waals surface area contributed by atoms with E-state index in [1.54, 1.807) is 16.4 Å². The van der Waals surface area contributed by atoms with E-state index >= 15 is 0 Å². The van der Waals surface area contributed by atoms with Gasteiger partial charge in [-0.3, -0.25) is 4.90 Å². The summed E-state index contributed by atoms with van der Waals surface area (Å²) in [6, 6.07) is 15.1. The molecule has 2 heterocycles. The number of likely N-dealkylation sites (N-methyl/N-ethyl adjacent to an activating group) is 1. The number of aromatic nitrogens is 2. The van der Waals surface area contributed by atoms with Gasteiger partial charge in [0.15, 0.2) is 0 Å². The molecule has 0 atom stereocenters. The van der Waals surface area contributed by atoms with Crippen LogP contribution in [-0.2, 0) is 23.1 Å². The monoisotopic (exact) mass is 456 g/mol. The number of hydrogen-bond acceptors (Lipinski definition) is 5. The Bertz CT molecular complexity index is 1140. The summed E-state index contributed by atoms with van der Waals surface area (Å²) in [6.07, 6.45) is 2.95. The van der Waals surface area contributed by atoms with E-state index in [0.717, 1.165) is 55.0 Å². The average molecular weight is 457 g/mol. The normalized spacial score (nSPS) is 15.5. The highest BCUT2D eigenvalue weighted by molar-refractivity contribution is 7.89. The van der Waals surface area contributed by atoms with E-state index in [1.165, 1.54) is 0 Å². The van der Waals surface area contributed by atoms with Crippen LogP contribution in [-0.4, -0.2) is 60.5 Å². The highest BCUT2D eigenvalue weighted by Gasteiger charge is 2.26. The van der Waals surface area contributed by atoms with Gasteiger partial charge in [-0.2, -0.15) is 4.31 Å². The van der Waals surface area contributed by atoms with Gasteiger partial charge in [0.05, 0.1) is 22.5 Å². The summed E-state index contributed by atoms with van der Waals surface area (Å²) in [6.45, 7) is 6.08. The Hall–Kier alpha value is -2.42. The molecule has 32 heavy (non-hydrogen) atoms. The standard InChI is InChI=1S/C24H32N4O3S/c1-3-28-23-13-12-21(32(29,30)27-14-8-5-9-15-27)18-22(23)25-24(28)19-26(2)16-17-31-20-10-6-4-7-11-20/h4,6-7,10-13,18H,3,5,8-9,14-17,19H2,1-2H3. The van der Waals surface area contributed by atoms with Crippen molar-refractivity contribution in [1.82, 2.24) is 18.8 Å². The van der Waals surface area contributed by atoms with Crippen LogP contribution >= 0.6 is 0 Å². The fourth-order valence-electron chi connectivity index (χ4n) is 4.20. The molecule has 0 amide bonds. The van der Waals surface area contributed by atoms with Crippen LogP contribution in [0.15, 0.2) is 53.4 Å². The minimum Gasteiger partial charge on any atom is -0.492 e. The molecular weight excluding hydrogens is 424 g/mol. The quantitative estimate of drug-likeness (QED) is 0.491. The van der Waals surface area contributed by atoms with Gasteiger partial charge in [-0.25, -0.2) is 13.4 Å². The maximum absolute atomic E-state index is 13.1. The third kappa shape index (κ3) is 4.98. The number of sulfonamides is 1. The molecule has 0 radical (unpaired) electrons. The van der Waals surface area contributed by atoms with E-state index in [2.05, 4.69) is 16.4 Å². The summed E-state index contributed by atoms with van der Waals surface area (Å²) in [5, 5.41) is 0. The van der Waals surface area contributed by atoms with Gasteiger partial charge in [0.25, 0.3) is 0 Å². The number of hydrogen-bond donors (Lipinski definition) is 0. The number of piperidine rings is 1. The lowest BCUT2D eigenvalue weighted by Crippen LogP contribution is -2.35. The Morgan fingerprint density at radius 1 is 1.06 bits per heavy atom. The molecule has 1 aliphatic rings. The predicted molar refractivity (Wildman–Crippen MR) is 126 cm³/mol. The van der Waals surface area contributed by atoms with Crippen molar-refractivity contribution in [3.8, 4) is 5.75 Å². The van der Waals surface area contributed by atoms with Gasteiger partial charge in [0.2, 0.25) is 10.0 Å². The van der Waals surface area contributed by atoms with Crippen molar-refractivity contribution in [2.75, 3.05) is 33.3 Å². The maximum Gasteiger partial charge on any atom is 0.243 e. The van der Waals surface area contributed by atoms with Gasteiger partial charge >= 0.3 is 0 Å². The first kappa shape index (κ1) is 22.8. The number of aryl methyl sites for hydroxylation is 1. The van der Waals surface area contributed by atoms with E-state index in [4.69, 9.17) is 9.72 Å². The molecule has 7 nitrogen and oxygen atoms in total. The summed E-state index contributed by atoms with van der Waals surface area (Å²) < 4.78 is 35.7. The second kappa shape index (κ2) is 10.0. The van der Waals surface area contributed by atoms with E-state index < -0.39 is 10.0 Å². The third-order valence-corrected chi connectivity index (χ3v) is 7.86. The smallest absolute Gasteiger partial charge is 0.243 e. The minimum absolute atomic E-state index is 0.337. The zero-order chi connectivity index (χ0) is 22.6. The summed E-state index contributed by atoms with van der Waals surface area (Å²) in [7, 11) is -1.43. The maximum atomic E-state index is 13.1. The molecule has 1 aromatic heterocycles. The van der Waals surface area contributed by atoms with Crippen molar-refractivity contribution in [3.05, 3.63) is 54.4 Å². The lowest BCUT2D eigenvalue weighted by atomic mass is 10.2. The number of para-hydroxylation sites is 1. The van der Waals surface area contributed by atoms with Crippen molar-refractivity contribution in [2.24, 2.45) is 0 Å². The van der Waals surface area contributed by atoms with Crippen LogP contribution in [0, 0.1) is 0 Å². The van der Waals surface area contributed by atoms with Crippen LogP contribution in [0.4, 0.5) is 0 Å². The first-order valence-electron chi connectivity index (χ1n) is 11.3. The molecule has 1 fully saturated rings. The first-order valence-corrected chi connectivity index (χ1v) is 12.8. The summed E-state index contributed by atoms with van der Waals surface area (Å²) >= 11 is 0. The molecule has 0 N–H and O–H groups in total. The van der Waals surface area contributed by atoms with Crippen molar-refractivity contribution >= 4 is 21.1 Å². The highest BCUT2D eigenvalue weighted by atomic mass is 32.2. The highest BCUT2D eigenvalue weighted by Crippen LogP contribution is 2.25. The Kier molecular flexibility index (Phi) is 7.13. The van der Waals surface area contributed by atoms with Crippen LogP contribution in [0.25, 0.3) is 11.0 Å². The van der Waals surface area contributed by atoms with E-state index in [0.29, 0.717) is 31.1 Å². The molecule has 1 saturated heterocycles.